The van der Waals surface area contributed by atoms with Gasteiger partial charge >= 0.3 is 0 Å². The van der Waals surface area contributed by atoms with E-state index in [0.717, 1.165) is 27.1 Å². The summed E-state index contributed by atoms with van der Waals surface area (Å²) in [5, 5.41) is 10.8. The van der Waals surface area contributed by atoms with Crippen LogP contribution in [0.2, 0.25) is 0 Å². The van der Waals surface area contributed by atoms with Crippen LogP contribution in [-0.2, 0) is 13.2 Å². The van der Waals surface area contributed by atoms with Crippen molar-refractivity contribution in [3.63, 3.8) is 0 Å². The van der Waals surface area contributed by atoms with Crippen LogP contribution in [0.25, 0.3) is 0 Å². The zero-order chi connectivity index (χ0) is 17.8. The molecule has 8 heteroatoms. The molecule has 5 nitrogen and oxygen atoms in total. The molecule has 1 N–H and O–H groups in total. The Labute approximate surface area is 160 Å². The van der Waals surface area contributed by atoms with E-state index in [1.807, 2.05) is 28.9 Å². The van der Waals surface area contributed by atoms with Crippen molar-refractivity contribution in [3.8, 4) is 5.75 Å². The Hall–Kier alpha value is -1.74. The molecule has 0 aliphatic heterocycles. The van der Waals surface area contributed by atoms with Crippen LogP contribution in [0.1, 0.15) is 10.4 Å². The standard InChI is InChI=1S/C17H20N4OS3/c1-12-8-9-24-15(12)10-20(2)11-21-17(23)25-16(19-21)18-13-4-6-14(22-3)7-5-13/h4-9H,10-11H2,1-3H3,(H,18,19). The van der Waals surface area contributed by atoms with Crippen LogP contribution in [0, 0.1) is 10.9 Å². The molecule has 0 bridgehead atoms. The Kier molecular flexibility index (Phi) is 5.85. The number of aromatic nitrogens is 2. The van der Waals surface area contributed by atoms with E-state index in [1.165, 1.54) is 21.8 Å². The van der Waals surface area contributed by atoms with E-state index in [0.29, 0.717) is 6.67 Å². The van der Waals surface area contributed by atoms with Crippen LogP contribution in [0.15, 0.2) is 35.7 Å². The monoisotopic (exact) mass is 392 g/mol. The minimum absolute atomic E-state index is 0.664. The number of methoxy groups -OCH3 is 1. The normalized spacial score (nSPS) is 11.0. The number of hydrogen-bond donors (Lipinski definition) is 1. The van der Waals surface area contributed by atoms with Gasteiger partial charge in [-0.05, 0) is 67.5 Å². The first-order valence-corrected chi connectivity index (χ1v) is 9.86. The molecule has 0 radical (unpaired) electrons. The topological polar surface area (TPSA) is 42.3 Å². The fourth-order valence-electron chi connectivity index (χ4n) is 2.33. The number of rotatable bonds is 7. The number of ether oxygens (including phenoxy) is 1. The van der Waals surface area contributed by atoms with E-state index in [1.54, 1.807) is 18.4 Å². The van der Waals surface area contributed by atoms with Crippen molar-refractivity contribution in [2.45, 2.75) is 20.1 Å². The summed E-state index contributed by atoms with van der Waals surface area (Å²) < 4.78 is 7.78. The summed E-state index contributed by atoms with van der Waals surface area (Å²) in [6.07, 6.45) is 0. The van der Waals surface area contributed by atoms with Gasteiger partial charge in [-0.1, -0.05) is 11.3 Å². The Morgan fingerprint density at radius 2 is 2.04 bits per heavy atom. The first kappa shape index (κ1) is 18.1. The highest BCUT2D eigenvalue weighted by atomic mass is 32.1. The molecule has 0 saturated carbocycles. The predicted molar refractivity (Wildman–Crippen MR) is 108 cm³/mol. The second-order valence-electron chi connectivity index (χ2n) is 5.71. The molecular weight excluding hydrogens is 372 g/mol. The Morgan fingerprint density at radius 1 is 1.28 bits per heavy atom. The molecule has 0 saturated heterocycles. The molecule has 3 aromatic rings. The van der Waals surface area contributed by atoms with Gasteiger partial charge in [-0.3, -0.25) is 4.90 Å². The maximum absolute atomic E-state index is 5.46. The van der Waals surface area contributed by atoms with Crippen LogP contribution >= 0.6 is 34.9 Å². The van der Waals surface area contributed by atoms with E-state index >= 15 is 0 Å². The van der Waals surface area contributed by atoms with Gasteiger partial charge in [0.05, 0.1) is 13.8 Å². The summed E-state index contributed by atoms with van der Waals surface area (Å²) in [5.74, 6) is 0.828. The lowest BCUT2D eigenvalue weighted by molar-refractivity contribution is 0.247. The third-order valence-electron chi connectivity index (χ3n) is 3.70. The van der Waals surface area contributed by atoms with Crippen molar-refractivity contribution in [2.75, 3.05) is 19.5 Å². The summed E-state index contributed by atoms with van der Waals surface area (Å²) in [7, 11) is 3.74. The fourth-order valence-corrected chi connectivity index (χ4v) is 4.33. The van der Waals surface area contributed by atoms with Crippen LogP contribution in [-0.4, -0.2) is 28.8 Å². The van der Waals surface area contributed by atoms with Crippen molar-refractivity contribution < 1.29 is 4.74 Å². The largest absolute Gasteiger partial charge is 0.497 e. The first-order chi connectivity index (χ1) is 12.0. The van der Waals surface area contributed by atoms with Crippen molar-refractivity contribution >= 4 is 45.7 Å². The van der Waals surface area contributed by atoms with Crippen molar-refractivity contribution in [1.29, 1.82) is 0 Å². The highest BCUT2D eigenvalue weighted by molar-refractivity contribution is 7.73. The van der Waals surface area contributed by atoms with Crippen LogP contribution in [0.4, 0.5) is 10.8 Å². The zero-order valence-electron chi connectivity index (χ0n) is 14.4. The molecule has 0 spiro atoms. The number of aryl methyl sites for hydroxylation is 1. The molecule has 132 valence electrons. The molecule has 0 unspecified atom stereocenters. The molecule has 0 aliphatic carbocycles. The van der Waals surface area contributed by atoms with Crippen molar-refractivity contribution in [1.82, 2.24) is 14.7 Å². The van der Waals surface area contributed by atoms with E-state index in [4.69, 9.17) is 17.0 Å². The highest BCUT2D eigenvalue weighted by Crippen LogP contribution is 2.23. The highest BCUT2D eigenvalue weighted by Gasteiger charge is 2.09. The maximum atomic E-state index is 5.46. The molecule has 2 aromatic heterocycles. The smallest absolute Gasteiger partial charge is 0.209 e. The van der Waals surface area contributed by atoms with Crippen LogP contribution in [0.3, 0.4) is 0 Å². The molecule has 2 heterocycles. The van der Waals surface area contributed by atoms with Gasteiger partial charge in [-0.15, -0.1) is 16.4 Å². The zero-order valence-corrected chi connectivity index (χ0v) is 16.8. The third kappa shape index (κ3) is 4.66. The first-order valence-electron chi connectivity index (χ1n) is 7.75. The van der Waals surface area contributed by atoms with Gasteiger partial charge in [0, 0.05) is 17.1 Å². The van der Waals surface area contributed by atoms with E-state index < -0.39 is 0 Å². The summed E-state index contributed by atoms with van der Waals surface area (Å²) in [5.41, 5.74) is 2.29. The van der Waals surface area contributed by atoms with E-state index in [-0.39, 0.29) is 0 Å². The van der Waals surface area contributed by atoms with Gasteiger partial charge in [-0.25, -0.2) is 4.68 Å². The Balaban J connectivity index is 1.65. The molecule has 0 atom stereocenters. The summed E-state index contributed by atoms with van der Waals surface area (Å²) in [6, 6.07) is 9.89. The third-order valence-corrected chi connectivity index (χ3v) is 5.94. The lowest BCUT2D eigenvalue weighted by Crippen LogP contribution is -2.22. The minimum atomic E-state index is 0.664. The minimum Gasteiger partial charge on any atom is -0.497 e. The molecule has 0 aliphatic rings. The van der Waals surface area contributed by atoms with Crippen molar-refractivity contribution in [2.24, 2.45) is 0 Å². The average Bonchev–Trinajstić information content (AvgIpc) is 3.14. The lowest BCUT2D eigenvalue weighted by Gasteiger charge is -2.15. The Morgan fingerprint density at radius 3 is 2.68 bits per heavy atom. The summed E-state index contributed by atoms with van der Waals surface area (Å²) >= 11 is 8.71. The number of hydrogen-bond acceptors (Lipinski definition) is 7. The maximum Gasteiger partial charge on any atom is 0.209 e. The molecule has 25 heavy (non-hydrogen) atoms. The lowest BCUT2D eigenvalue weighted by atomic mass is 10.3. The average molecular weight is 393 g/mol. The molecule has 0 amide bonds. The number of anilines is 2. The fraction of sp³-hybridized carbons (Fsp3) is 0.294. The van der Waals surface area contributed by atoms with Crippen LogP contribution in [0.5, 0.6) is 5.75 Å². The van der Waals surface area contributed by atoms with E-state index in [9.17, 15) is 0 Å². The molecular formula is C17H20N4OS3. The van der Waals surface area contributed by atoms with E-state index in [2.05, 4.69) is 40.7 Å². The second kappa shape index (κ2) is 8.09. The SMILES string of the molecule is COc1ccc(Nc2nn(CN(C)Cc3sccc3C)c(=S)s2)cc1. The second-order valence-corrected chi connectivity index (χ2v) is 8.33. The van der Waals surface area contributed by atoms with Gasteiger partial charge in [0.2, 0.25) is 5.13 Å². The van der Waals surface area contributed by atoms with Gasteiger partial charge in [0.15, 0.2) is 3.95 Å². The van der Waals surface area contributed by atoms with Gasteiger partial charge in [-0.2, -0.15) is 0 Å². The van der Waals surface area contributed by atoms with Gasteiger partial charge in [0.1, 0.15) is 5.75 Å². The summed E-state index contributed by atoms with van der Waals surface area (Å²) in [4.78, 5) is 3.59. The van der Waals surface area contributed by atoms with Gasteiger partial charge < -0.3 is 10.1 Å². The summed E-state index contributed by atoms with van der Waals surface area (Å²) in [6.45, 7) is 3.70. The number of benzene rings is 1. The Bertz CT molecular complexity index is 882. The number of nitrogens with one attached hydrogen (secondary N) is 1. The quantitative estimate of drug-likeness (QED) is 0.580. The number of nitrogens with zero attached hydrogens (tertiary/aromatic N) is 3. The number of thiophene rings is 1. The van der Waals surface area contributed by atoms with Crippen LogP contribution < -0.4 is 10.1 Å². The van der Waals surface area contributed by atoms with Gasteiger partial charge in [0.25, 0.3) is 0 Å². The molecule has 3 rings (SSSR count). The molecule has 0 fully saturated rings. The van der Waals surface area contributed by atoms with Crippen molar-refractivity contribution in [3.05, 3.63) is 50.1 Å². The molecule has 1 aromatic carbocycles. The predicted octanol–water partition coefficient (Wildman–Crippen LogP) is 4.89.